The molecule has 110 valence electrons. The Morgan fingerprint density at radius 2 is 2.24 bits per heavy atom. The highest BCUT2D eigenvalue weighted by Gasteiger charge is 2.26. The molecule has 0 fully saturated rings. The van der Waals surface area contributed by atoms with E-state index in [0.717, 1.165) is 5.56 Å². The van der Waals surface area contributed by atoms with E-state index >= 15 is 0 Å². The van der Waals surface area contributed by atoms with Gasteiger partial charge >= 0.3 is 17.1 Å². The Morgan fingerprint density at radius 3 is 2.95 bits per heavy atom. The summed E-state index contributed by atoms with van der Waals surface area (Å²) >= 11 is 6.03. The van der Waals surface area contributed by atoms with E-state index in [1.807, 2.05) is 0 Å². The molecule has 2 aromatic rings. The van der Waals surface area contributed by atoms with Gasteiger partial charge < -0.3 is 9.72 Å². The maximum atomic E-state index is 12.2. The topological polar surface area (TPSA) is 81.2 Å². The van der Waals surface area contributed by atoms with Gasteiger partial charge in [0.25, 0.3) is 0 Å². The second-order valence-electron chi connectivity index (χ2n) is 5.06. The Kier molecular flexibility index (Phi) is 3.33. The van der Waals surface area contributed by atoms with E-state index in [4.69, 9.17) is 11.6 Å². The fraction of sp³-hybridized carbons (Fsp3) is 0.357. The van der Waals surface area contributed by atoms with Crippen molar-refractivity contribution in [1.82, 2.24) is 9.55 Å². The first-order valence-corrected chi connectivity index (χ1v) is 6.93. The second kappa shape index (κ2) is 5.04. The van der Waals surface area contributed by atoms with Gasteiger partial charge in [-0.3, -0.25) is 19.0 Å². The van der Waals surface area contributed by atoms with Crippen LogP contribution in [0.3, 0.4) is 0 Å². The minimum atomic E-state index is -0.715. The summed E-state index contributed by atoms with van der Waals surface area (Å²) in [5.74, 6) is -0.405. The number of aromatic amines is 1. The maximum absolute atomic E-state index is 12.2. The average Bonchev–Trinajstić information content (AvgIpc) is 2.45. The van der Waals surface area contributed by atoms with Gasteiger partial charge in [-0.2, -0.15) is 0 Å². The summed E-state index contributed by atoms with van der Waals surface area (Å²) in [7, 11) is 1.30. The summed E-state index contributed by atoms with van der Waals surface area (Å²) in [5.41, 5.74) is 0.681. The van der Waals surface area contributed by atoms with Crippen molar-refractivity contribution in [2.75, 3.05) is 7.11 Å². The van der Waals surface area contributed by atoms with Crippen LogP contribution in [0.5, 0.6) is 0 Å². The van der Waals surface area contributed by atoms with Gasteiger partial charge in [-0.1, -0.05) is 11.6 Å². The average molecular weight is 309 g/mol. The number of benzene rings is 1. The normalized spacial score (nSPS) is 17.0. The van der Waals surface area contributed by atoms with E-state index in [0.29, 0.717) is 28.9 Å². The first-order valence-electron chi connectivity index (χ1n) is 6.55. The molecule has 0 radical (unpaired) electrons. The van der Waals surface area contributed by atoms with Crippen molar-refractivity contribution in [3.63, 3.8) is 0 Å². The molecular formula is C14H13ClN2O4. The van der Waals surface area contributed by atoms with Gasteiger partial charge in [0.15, 0.2) is 0 Å². The van der Waals surface area contributed by atoms with Crippen LogP contribution in [0.4, 0.5) is 0 Å². The van der Waals surface area contributed by atoms with E-state index in [2.05, 4.69) is 9.72 Å². The first-order chi connectivity index (χ1) is 10.0. The molecule has 0 aliphatic carbocycles. The molecular weight excluding hydrogens is 296 g/mol. The number of hydrogen-bond acceptors (Lipinski definition) is 4. The van der Waals surface area contributed by atoms with Crippen molar-refractivity contribution < 1.29 is 9.53 Å². The second-order valence-corrected chi connectivity index (χ2v) is 5.50. The molecule has 1 aromatic carbocycles. The number of nitrogens with one attached hydrogen (secondary N) is 1. The third-order valence-electron chi connectivity index (χ3n) is 3.80. The van der Waals surface area contributed by atoms with Crippen LogP contribution in [-0.4, -0.2) is 22.6 Å². The lowest BCUT2D eigenvalue weighted by atomic mass is 9.96. The number of aryl methyl sites for hydroxylation is 1. The number of carbonyl (C=O) groups is 1. The molecule has 0 unspecified atom stereocenters. The molecule has 0 amide bonds. The summed E-state index contributed by atoms with van der Waals surface area (Å²) in [5, 5.41) is 0.504. The third kappa shape index (κ3) is 2.25. The van der Waals surface area contributed by atoms with Crippen molar-refractivity contribution in [2.45, 2.75) is 25.3 Å². The Labute approximate surface area is 124 Å². The highest BCUT2D eigenvalue weighted by molar-refractivity contribution is 6.31. The molecule has 2 heterocycles. The fourth-order valence-electron chi connectivity index (χ4n) is 2.88. The van der Waals surface area contributed by atoms with Crippen LogP contribution in [0.2, 0.25) is 5.02 Å². The molecule has 21 heavy (non-hydrogen) atoms. The largest absolute Gasteiger partial charge is 0.469 e. The molecule has 3 rings (SSSR count). The van der Waals surface area contributed by atoms with Crippen LogP contribution in [0.1, 0.15) is 24.4 Å². The molecule has 1 N–H and O–H groups in total. The molecule has 1 aromatic heterocycles. The molecule has 1 aliphatic heterocycles. The standard InChI is InChI=1S/C14H13ClN2O4/c1-21-11(18)6-9-3-2-7-4-8(15)5-10-12(7)17(9)14(20)13(19)16-10/h4-5,9H,2-3,6H2,1H3,(H,16,19)/t9-/m0/s1. The van der Waals surface area contributed by atoms with Gasteiger partial charge in [0.05, 0.1) is 24.6 Å². The SMILES string of the molecule is COC(=O)C[C@@H]1CCc2cc(Cl)cc3[nH]c(=O)c(=O)n1c23. The Bertz CT molecular complexity index is 852. The molecule has 7 heteroatoms. The number of H-pyrrole nitrogens is 1. The van der Waals surface area contributed by atoms with Gasteiger partial charge in [0, 0.05) is 11.1 Å². The molecule has 0 saturated heterocycles. The monoisotopic (exact) mass is 308 g/mol. The van der Waals surface area contributed by atoms with Gasteiger partial charge in [-0.15, -0.1) is 0 Å². The number of esters is 1. The number of halogens is 1. The number of carbonyl (C=O) groups excluding carboxylic acids is 1. The quantitative estimate of drug-likeness (QED) is 0.671. The smallest absolute Gasteiger partial charge is 0.317 e. The predicted molar refractivity (Wildman–Crippen MR) is 77.8 cm³/mol. The molecule has 6 nitrogen and oxygen atoms in total. The zero-order valence-electron chi connectivity index (χ0n) is 11.3. The van der Waals surface area contributed by atoms with E-state index in [-0.39, 0.29) is 12.5 Å². The molecule has 0 bridgehead atoms. The highest BCUT2D eigenvalue weighted by atomic mass is 35.5. The minimum absolute atomic E-state index is 0.0665. The maximum Gasteiger partial charge on any atom is 0.317 e. The number of methoxy groups -OCH3 is 1. The Balaban J connectivity index is 2.30. The first kappa shape index (κ1) is 13.9. The van der Waals surface area contributed by atoms with Crippen LogP contribution in [0.25, 0.3) is 11.0 Å². The van der Waals surface area contributed by atoms with Crippen molar-refractivity contribution >= 4 is 28.6 Å². The van der Waals surface area contributed by atoms with Crippen LogP contribution < -0.4 is 11.1 Å². The van der Waals surface area contributed by atoms with Crippen molar-refractivity contribution in [1.29, 1.82) is 0 Å². The summed E-state index contributed by atoms with van der Waals surface area (Å²) in [6.07, 6.45) is 1.34. The van der Waals surface area contributed by atoms with Crippen molar-refractivity contribution in [2.24, 2.45) is 0 Å². The summed E-state index contributed by atoms with van der Waals surface area (Å²) in [6, 6.07) is 3.02. The van der Waals surface area contributed by atoms with Crippen LogP contribution in [-0.2, 0) is 16.0 Å². The number of aromatic nitrogens is 2. The van der Waals surface area contributed by atoms with E-state index < -0.39 is 17.1 Å². The van der Waals surface area contributed by atoms with Crippen LogP contribution in [0.15, 0.2) is 21.7 Å². The predicted octanol–water partition coefficient (Wildman–Crippen LogP) is 1.39. The highest BCUT2D eigenvalue weighted by Crippen LogP contribution is 2.32. The van der Waals surface area contributed by atoms with Gasteiger partial charge in [-0.05, 0) is 30.5 Å². The molecule has 0 saturated carbocycles. The molecule has 0 spiro atoms. The molecule has 1 aliphatic rings. The fourth-order valence-corrected chi connectivity index (χ4v) is 3.12. The van der Waals surface area contributed by atoms with Crippen molar-refractivity contribution in [3.05, 3.63) is 43.4 Å². The Hall–Kier alpha value is -2.08. The van der Waals surface area contributed by atoms with Crippen LogP contribution in [0, 0.1) is 0 Å². The number of nitrogens with zero attached hydrogens (tertiary/aromatic N) is 1. The third-order valence-corrected chi connectivity index (χ3v) is 4.02. The minimum Gasteiger partial charge on any atom is -0.469 e. The van der Waals surface area contributed by atoms with Gasteiger partial charge in [0.2, 0.25) is 0 Å². The van der Waals surface area contributed by atoms with Crippen LogP contribution >= 0.6 is 11.6 Å². The summed E-state index contributed by atoms with van der Waals surface area (Å²) in [6.45, 7) is 0. The zero-order valence-corrected chi connectivity index (χ0v) is 12.1. The van der Waals surface area contributed by atoms with Gasteiger partial charge in [-0.25, -0.2) is 0 Å². The lowest BCUT2D eigenvalue weighted by molar-refractivity contribution is -0.141. The zero-order chi connectivity index (χ0) is 15.1. The Morgan fingerprint density at radius 1 is 1.48 bits per heavy atom. The lowest BCUT2D eigenvalue weighted by Crippen LogP contribution is -2.40. The van der Waals surface area contributed by atoms with Gasteiger partial charge in [0.1, 0.15) is 0 Å². The van der Waals surface area contributed by atoms with E-state index in [9.17, 15) is 14.4 Å². The summed E-state index contributed by atoms with van der Waals surface area (Å²) < 4.78 is 6.07. The van der Waals surface area contributed by atoms with Crippen molar-refractivity contribution in [3.8, 4) is 0 Å². The lowest BCUT2D eigenvalue weighted by Gasteiger charge is -2.26. The number of hydrogen-bond donors (Lipinski definition) is 1. The number of rotatable bonds is 2. The molecule has 1 atom stereocenters. The van der Waals surface area contributed by atoms with E-state index in [1.54, 1.807) is 12.1 Å². The van der Waals surface area contributed by atoms with E-state index in [1.165, 1.54) is 11.7 Å². The summed E-state index contributed by atoms with van der Waals surface area (Å²) in [4.78, 5) is 38.1. The number of ether oxygens (including phenoxy) is 1.